The van der Waals surface area contributed by atoms with Crippen LogP contribution in [-0.2, 0) is 13.3 Å². The molecule has 2 amide bonds. The van der Waals surface area contributed by atoms with Crippen molar-refractivity contribution in [3.05, 3.63) is 22.8 Å². The Morgan fingerprint density at radius 1 is 0.964 bits per heavy atom. The molecule has 28 heavy (non-hydrogen) atoms. The molecule has 0 saturated carbocycles. The largest absolute Gasteiger partial charge is 0.508 e. The number of rotatable bonds is 9. The summed E-state index contributed by atoms with van der Waals surface area (Å²) >= 11 is 0. The van der Waals surface area contributed by atoms with E-state index in [-0.39, 0.29) is 17.4 Å². The second-order valence-corrected chi connectivity index (χ2v) is 14.5. The number of amides is 2. The van der Waals surface area contributed by atoms with Crippen LogP contribution in [-0.4, -0.2) is 40.4 Å². The zero-order chi connectivity index (χ0) is 20.3. The Morgan fingerprint density at radius 2 is 1.57 bits per heavy atom. The van der Waals surface area contributed by atoms with E-state index in [1.165, 1.54) is 0 Å². The van der Waals surface area contributed by atoms with E-state index >= 15 is 0 Å². The molecule has 3 rings (SSSR count). The molecule has 2 heterocycles. The van der Waals surface area contributed by atoms with Gasteiger partial charge in [-0.15, -0.1) is 0 Å². The van der Waals surface area contributed by atoms with Gasteiger partial charge in [0.2, 0.25) is 0 Å². The van der Waals surface area contributed by atoms with E-state index in [2.05, 4.69) is 5.32 Å². The van der Waals surface area contributed by atoms with Crippen LogP contribution >= 0.6 is 39.4 Å². The van der Waals surface area contributed by atoms with Gasteiger partial charge >= 0.3 is 8.80 Å². The van der Waals surface area contributed by atoms with Crippen LogP contribution in [0.3, 0.4) is 0 Å². The lowest BCUT2D eigenvalue weighted by Crippen LogP contribution is -2.52. The van der Waals surface area contributed by atoms with Crippen molar-refractivity contribution in [2.24, 2.45) is 0 Å². The Bertz CT molecular complexity index is 895. The first kappa shape index (κ1) is 22.0. The maximum atomic E-state index is 12.7. The Hall–Kier alpha value is -0.663. The first-order valence-corrected chi connectivity index (χ1v) is 15.8. The van der Waals surface area contributed by atoms with Gasteiger partial charge in [-0.1, -0.05) is 27.6 Å². The number of carbonyl (C=O) groups is 2. The van der Waals surface area contributed by atoms with Gasteiger partial charge in [0.05, 0.1) is 26.1 Å². The van der Waals surface area contributed by atoms with Crippen molar-refractivity contribution >= 4 is 69.4 Å². The highest BCUT2D eigenvalue weighted by Gasteiger charge is 2.52. The summed E-state index contributed by atoms with van der Waals surface area (Å²) in [5.74, 6) is -0.693. The molecule has 0 aliphatic carbocycles. The molecule has 0 fully saturated rings. The van der Waals surface area contributed by atoms with Gasteiger partial charge in [-0.25, -0.2) is 0 Å². The fraction of sp³-hybridized carbons (Fsp3) is 0.529. The first-order chi connectivity index (χ1) is 13.5. The lowest BCUT2D eigenvalue weighted by Gasteiger charge is -2.35. The highest BCUT2D eigenvalue weighted by atomic mass is 33.4. The minimum Gasteiger partial charge on any atom is -0.373 e. The van der Waals surface area contributed by atoms with Gasteiger partial charge in [-0.2, -0.15) is 0 Å². The minimum absolute atomic E-state index is 0.232. The molecule has 6 nitrogen and oxygen atoms in total. The van der Waals surface area contributed by atoms with Crippen molar-refractivity contribution in [3.8, 4) is 0 Å². The number of benzene rings is 1. The van der Waals surface area contributed by atoms with Crippen LogP contribution in [0, 0.1) is 0 Å². The molecule has 0 radical (unpaired) electrons. The van der Waals surface area contributed by atoms with Crippen molar-refractivity contribution in [3.63, 3.8) is 0 Å². The Balaban J connectivity index is 2.34. The first-order valence-electron chi connectivity index (χ1n) is 9.19. The van der Waals surface area contributed by atoms with Crippen LogP contribution in [0.15, 0.2) is 6.07 Å². The number of hydrogen-bond donors (Lipinski definition) is 1. The van der Waals surface area contributed by atoms with Crippen molar-refractivity contribution in [1.82, 2.24) is 5.32 Å². The zero-order valence-corrected chi connectivity index (χ0v) is 20.4. The molecular formula is C17H23NO5S4Si. The Morgan fingerprint density at radius 3 is 2.14 bits per heavy atom. The van der Waals surface area contributed by atoms with E-state index in [0.717, 1.165) is 15.0 Å². The fourth-order valence-corrected chi connectivity index (χ4v) is 13.3. The maximum absolute atomic E-state index is 12.7. The molecule has 1 atom stereocenters. The predicted octanol–water partition coefficient (Wildman–Crippen LogP) is 5.18. The third kappa shape index (κ3) is 3.86. The molecule has 0 saturated heterocycles. The lowest BCUT2D eigenvalue weighted by atomic mass is 9.98. The van der Waals surface area contributed by atoms with Crippen molar-refractivity contribution in [2.45, 2.75) is 39.7 Å². The standard InChI is InChI=1S/C17H23NO5S4Si/c1-5-12(28(21-6-2,22-7-3)23-8-4)14-13-10(16(19)18-17(13)20)9-11-15(14)25-27-26-24-11/h9,12H,5-8H2,1-4H3,(H,18,19,20). The summed E-state index contributed by atoms with van der Waals surface area (Å²) in [6.45, 7) is 9.18. The highest BCUT2D eigenvalue weighted by molar-refractivity contribution is 8.09. The Labute approximate surface area is 179 Å². The topological polar surface area (TPSA) is 73.9 Å². The molecule has 11 heteroatoms. The minimum atomic E-state index is -3.15. The molecule has 2 aromatic rings. The van der Waals surface area contributed by atoms with Crippen molar-refractivity contribution in [1.29, 1.82) is 0 Å². The van der Waals surface area contributed by atoms with Gasteiger partial charge in [0.1, 0.15) is 0 Å². The second-order valence-electron chi connectivity index (χ2n) is 5.99. The molecule has 1 aliphatic rings. The third-order valence-corrected chi connectivity index (χ3v) is 14.4. The Kier molecular flexibility index (Phi) is 7.42. The molecule has 1 N–H and O–H groups in total. The van der Waals surface area contributed by atoms with Gasteiger partial charge in [0.15, 0.2) is 0 Å². The van der Waals surface area contributed by atoms with E-state index in [9.17, 15) is 9.59 Å². The van der Waals surface area contributed by atoms with E-state index in [0.29, 0.717) is 37.4 Å². The molecule has 0 spiro atoms. The third-order valence-electron chi connectivity index (χ3n) is 4.47. The van der Waals surface area contributed by atoms with Crippen LogP contribution in [0.4, 0.5) is 0 Å². The average Bonchev–Trinajstić information content (AvgIpc) is 2.96. The molecule has 1 aromatic carbocycles. The zero-order valence-electron chi connectivity index (χ0n) is 16.2. The number of carbonyl (C=O) groups excluding carboxylic acids is 2. The second kappa shape index (κ2) is 9.43. The summed E-state index contributed by atoms with van der Waals surface area (Å²) in [6.07, 6.45) is 0.680. The van der Waals surface area contributed by atoms with Gasteiger partial charge < -0.3 is 13.3 Å². The monoisotopic (exact) mass is 477 g/mol. The normalized spacial score (nSPS) is 15.0. The predicted molar refractivity (Wildman–Crippen MR) is 119 cm³/mol. The summed E-state index contributed by atoms with van der Waals surface area (Å²) in [5.41, 5.74) is 1.49. The number of imide groups is 1. The van der Waals surface area contributed by atoms with Gasteiger partial charge in [0.25, 0.3) is 11.8 Å². The van der Waals surface area contributed by atoms with E-state index in [4.69, 9.17) is 13.3 Å². The van der Waals surface area contributed by atoms with E-state index < -0.39 is 8.80 Å². The van der Waals surface area contributed by atoms with Crippen LogP contribution in [0.2, 0.25) is 0 Å². The van der Waals surface area contributed by atoms with Gasteiger partial charge in [0, 0.05) is 19.8 Å². The quantitative estimate of drug-likeness (QED) is 0.306. The smallest absolute Gasteiger partial charge is 0.373 e. The van der Waals surface area contributed by atoms with Crippen molar-refractivity contribution < 1.29 is 22.9 Å². The van der Waals surface area contributed by atoms with Crippen LogP contribution < -0.4 is 5.32 Å². The summed E-state index contributed by atoms with van der Waals surface area (Å²) in [5, 5.41) is 2.46. The summed E-state index contributed by atoms with van der Waals surface area (Å²) < 4.78 is 20.6. The van der Waals surface area contributed by atoms with Crippen LogP contribution in [0.25, 0.3) is 9.40 Å². The van der Waals surface area contributed by atoms with Crippen LogP contribution in [0.1, 0.15) is 65.9 Å². The lowest BCUT2D eigenvalue weighted by molar-refractivity contribution is 0.0612. The number of hydrogen-bond acceptors (Lipinski definition) is 9. The number of nitrogens with one attached hydrogen (secondary N) is 1. The summed E-state index contributed by atoms with van der Waals surface area (Å²) in [4.78, 5) is 25.1. The van der Waals surface area contributed by atoms with Gasteiger partial charge in [-0.3, -0.25) is 14.9 Å². The fourth-order valence-electron chi connectivity index (χ4n) is 3.56. The van der Waals surface area contributed by atoms with Crippen molar-refractivity contribution in [2.75, 3.05) is 19.8 Å². The molecule has 0 bridgehead atoms. The summed E-state index contributed by atoms with van der Waals surface area (Å²) in [7, 11) is 3.38. The van der Waals surface area contributed by atoms with Gasteiger partial charge in [-0.05, 0) is 57.5 Å². The van der Waals surface area contributed by atoms with Crippen LogP contribution in [0.5, 0.6) is 0 Å². The molecular weight excluding hydrogens is 455 g/mol. The van der Waals surface area contributed by atoms with E-state index in [1.807, 2.05) is 33.8 Å². The SMILES string of the molecule is CCO[Si](OCC)(OCC)C(CC)c1c2c(cc3ssssc13)C(=O)NC2=O. The molecule has 1 aliphatic heterocycles. The van der Waals surface area contributed by atoms with E-state index in [1.54, 1.807) is 39.4 Å². The summed E-state index contributed by atoms with van der Waals surface area (Å²) in [6, 6.07) is 1.83. The maximum Gasteiger partial charge on any atom is 0.508 e. The molecule has 154 valence electrons. The molecule has 1 unspecified atom stereocenters. The highest BCUT2D eigenvalue weighted by Crippen LogP contribution is 2.45. The number of fused-ring (bicyclic) bond motifs is 2. The average molecular weight is 478 g/mol. The molecule has 1 aromatic heterocycles.